The largest absolute Gasteiger partial charge is 0.399 e. The van der Waals surface area contributed by atoms with Gasteiger partial charge in [0.25, 0.3) is 5.91 Å². The number of benzene rings is 2. The van der Waals surface area contributed by atoms with Crippen LogP contribution in [0.25, 0.3) is 0 Å². The molecular formula is C19H23N3O. The second-order valence-electron chi connectivity index (χ2n) is 6.27. The predicted octanol–water partition coefficient (Wildman–Crippen LogP) is 3.76. The molecule has 4 heteroatoms. The number of hydrogen-bond donors (Lipinski definition) is 2. The van der Waals surface area contributed by atoms with Gasteiger partial charge in [-0.25, -0.2) is 0 Å². The number of nitrogen functional groups attached to an aromatic ring is 1. The third kappa shape index (κ3) is 3.65. The molecule has 0 atom stereocenters. The lowest BCUT2D eigenvalue weighted by Gasteiger charge is -2.33. The summed E-state index contributed by atoms with van der Waals surface area (Å²) in [7, 11) is 0. The van der Waals surface area contributed by atoms with Crippen molar-refractivity contribution in [3.05, 3.63) is 54.1 Å². The minimum atomic E-state index is -0.108. The molecule has 120 valence electrons. The Bertz CT molecular complexity index is 676. The summed E-state index contributed by atoms with van der Waals surface area (Å²) < 4.78 is 0. The first-order valence-corrected chi connectivity index (χ1v) is 8.14. The smallest absolute Gasteiger partial charge is 0.255 e. The fraction of sp³-hybridized carbons (Fsp3) is 0.316. The van der Waals surface area contributed by atoms with E-state index >= 15 is 0 Å². The number of amides is 1. The Balaban J connectivity index is 1.83. The van der Waals surface area contributed by atoms with Crippen molar-refractivity contribution in [3.63, 3.8) is 0 Å². The highest BCUT2D eigenvalue weighted by Gasteiger charge is 2.19. The van der Waals surface area contributed by atoms with E-state index in [1.807, 2.05) is 48.5 Å². The molecule has 1 aliphatic rings. The van der Waals surface area contributed by atoms with Gasteiger partial charge in [-0.1, -0.05) is 25.1 Å². The summed E-state index contributed by atoms with van der Waals surface area (Å²) >= 11 is 0. The minimum Gasteiger partial charge on any atom is -0.399 e. The van der Waals surface area contributed by atoms with Gasteiger partial charge in [0.1, 0.15) is 0 Å². The molecule has 0 aliphatic carbocycles. The second-order valence-corrected chi connectivity index (χ2v) is 6.27. The van der Waals surface area contributed by atoms with Crippen LogP contribution < -0.4 is 16.0 Å². The summed E-state index contributed by atoms with van der Waals surface area (Å²) in [6.45, 7) is 4.32. The number of anilines is 3. The number of nitrogens with two attached hydrogens (primary N) is 1. The van der Waals surface area contributed by atoms with E-state index in [-0.39, 0.29) is 5.91 Å². The van der Waals surface area contributed by atoms with Gasteiger partial charge in [0.15, 0.2) is 0 Å². The van der Waals surface area contributed by atoms with Gasteiger partial charge in [-0.15, -0.1) is 0 Å². The van der Waals surface area contributed by atoms with Crippen LogP contribution in [0.4, 0.5) is 17.1 Å². The lowest BCUT2D eigenvalue weighted by atomic mass is 9.98. The van der Waals surface area contributed by atoms with Gasteiger partial charge in [0, 0.05) is 24.3 Å². The number of hydrogen-bond acceptors (Lipinski definition) is 3. The molecule has 1 fully saturated rings. The molecule has 4 nitrogen and oxygen atoms in total. The number of carbonyl (C=O) groups is 1. The average molecular weight is 309 g/mol. The van der Waals surface area contributed by atoms with Crippen molar-refractivity contribution < 1.29 is 4.79 Å². The van der Waals surface area contributed by atoms with Crippen LogP contribution in [-0.2, 0) is 0 Å². The second kappa shape index (κ2) is 6.73. The molecule has 2 aromatic carbocycles. The average Bonchev–Trinajstić information content (AvgIpc) is 2.57. The molecule has 0 bridgehead atoms. The Morgan fingerprint density at radius 3 is 2.52 bits per heavy atom. The highest BCUT2D eigenvalue weighted by atomic mass is 16.1. The maximum Gasteiger partial charge on any atom is 0.255 e. The van der Waals surface area contributed by atoms with Crippen molar-refractivity contribution in [1.82, 2.24) is 0 Å². The van der Waals surface area contributed by atoms with Crippen molar-refractivity contribution in [1.29, 1.82) is 0 Å². The standard InChI is InChI=1S/C19H23N3O/c1-14-9-11-22(12-10-14)18-8-7-16(20)13-17(18)21-19(23)15-5-3-2-4-6-15/h2-8,13-14H,9-12,20H2,1H3,(H,21,23). The topological polar surface area (TPSA) is 58.4 Å². The lowest BCUT2D eigenvalue weighted by molar-refractivity contribution is 0.102. The van der Waals surface area contributed by atoms with Crippen LogP contribution in [0.1, 0.15) is 30.1 Å². The van der Waals surface area contributed by atoms with Gasteiger partial charge < -0.3 is 16.0 Å². The van der Waals surface area contributed by atoms with Crippen molar-refractivity contribution in [2.24, 2.45) is 5.92 Å². The van der Waals surface area contributed by atoms with Crippen LogP contribution in [0.2, 0.25) is 0 Å². The Morgan fingerprint density at radius 2 is 1.83 bits per heavy atom. The highest BCUT2D eigenvalue weighted by molar-refractivity contribution is 6.06. The van der Waals surface area contributed by atoms with Gasteiger partial charge in [0.2, 0.25) is 0 Å². The Hall–Kier alpha value is -2.49. The molecule has 2 aromatic rings. The van der Waals surface area contributed by atoms with Crippen LogP contribution in [0.3, 0.4) is 0 Å². The molecule has 3 N–H and O–H groups in total. The normalized spacial score (nSPS) is 15.4. The van der Waals surface area contributed by atoms with E-state index in [4.69, 9.17) is 5.73 Å². The summed E-state index contributed by atoms with van der Waals surface area (Å²) in [6.07, 6.45) is 2.35. The fourth-order valence-electron chi connectivity index (χ4n) is 2.96. The van der Waals surface area contributed by atoms with E-state index in [2.05, 4.69) is 17.1 Å². The number of rotatable bonds is 3. The number of piperidine rings is 1. The predicted molar refractivity (Wildman–Crippen MR) is 95.9 cm³/mol. The van der Waals surface area contributed by atoms with Gasteiger partial charge in [0.05, 0.1) is 11.4 Å². The molecule has 0 unspecified atom stereocenters. The molecule has 0 saturated carbocycles. The fourth-order valence-corrected chi connectivity index (χ4v) is 2.96. The van der Waals surface area contributed by atoms with Crippen LogP contribution in [0, 0.1) is 5.92 Å². The summed E-state index contributed by atoms with van der Waals surface area (Å²) in [5.74, 6) is 0.658. The van der Waals surface area contributed by atoms with E-state index in [9.17, 15) is 4.79 Å². The monoisotopic (exact) mass is 309 g/mol. The molecule has 0 aromatic heterocycles. The minimum absolute atomic E-state index is 0.108. The third-order valence-electron chi connectivity index (χ3n) is 4.43. The molecule has 3 rings (SSSR count). The Kier molecular flexibility index (Phi) is 4.51. The molecule has 0 spiro atoms. The quantitative estimate of drug-likeness (QED) is 0.849. The zero-order valence-electron chi connectivity index (χ0n) is 13.5. The summed E-state index contributed by atoms with van der Waals surface area (Å²) in [4.78, 5) is 14.8. The van der Waals surface area contributed by atoms with Gasteiger partial charge in [-0.2, -0.15) is 0 Å². The van der Waals surface area contributed by atoms with E-state index < -0.39 is 0 Å². The zero-order chi connectivity index (χ0) is 16.2. The van der Waals surface area contributed by atoms with Crippen LogP contribution >= 0.6 is 0 Å². The van der Waals surface area contributed by atoms with Crippen molar-refractivity contribution in [2.45, 2.75) is 19.8 Å². The van der Waals surface area contributed by atoms with Crippen LogP contribution in [-0.4, -0.2) is 19.0 Å². The molecule has 1 saturated heterocycles. The molecular weight excluding hydrogens is 286 g/mol. The summed E-state index contributed by atoms with van der Waals surface area (Å²) in [6, 6.07) is 15.0. The first-order valence-electron chi connectivity index (χ1n) is 8.14. The van der Waals surface area contributed by atoms with Crippen molar-refractivity contribution >= 4 is 23.0 Å². The summed E-state index contributed by atoms with van der Waals surface area (Å²) in [5.41, 5.74) is 9.06. The molecule has 23 heavy (non-hydrogen) atoms. The lowest BCUT2D eigenvalue weighted by Crippen LogP contribution is -2.33. The summed E-state index contributed by atoms with van der Waals surface area (Å²) in [5, 5.41) is 3.02. The zero-order valence-corrected chi connectivity index (χ0v) is 13.5. The first-order chi connectivity index (χ1) is 11.1. The van der Waals surface area contributed by atoms with Crippen LogP contribution in [0.5, 0.6) is 0 Å². The van der Waals surface area contributed by atoms with E-state index in [1.54, 1.807) is 0 Å². The van der Waals surface area contributed by atoms with Gasteiger partial charge >= 0.3 is 0 Å². The number of nitrogens with one attached hydrogen (secondary N) is 1. The third-order valence-corrected chi connectivity index (χ3v) is 4.43. The Morgan fingerprint density at radius 1 is 1.13 bits per heavy atom. The Labute approximate surface area is 137 Å². The number of nitrogens with zero attached hydrogens (tertiary/aromatic N) is 1. The number of carbonyl (C=O) groups excluding carboxylic acids is 1. The maximum absolute atomic E-state index is 12.4. The van der Waals surface area contributed by atoms with E-state index in [1.165, 1.54) is 12.8 Å². The van der Waals surface area contributed by atoms with E-state index in [0.717, 1.165) is 30.4 Å². The molecule has 1 amide bonds. The van der Waals surface area contributed by atoms with Crippen molar-refractivity contribution in [3.8, 4) is 0 Å². The van der Waals surface area contributed by atoms with E-state index in [0.29, 0.717) is 11.3 Å². The van der Waals surface area contributed by atoms with Gasteiger partial charge in [-0.3, -0.25) is 4.79 Å². The van der Waals surface area contributed by atoms with Crippen LogP contribution in [0.15, 0.2) is 48.5 Å². The first kappa shape index (κ1) is 15.4. The SMILES string of the molecule is CC1CCN(c2ccc(N)cc2NC(=O)c2ccccc2)CC1. The highest BCUT2D eigenvalue weighted by Crippen LogP contribution is 2.31. The molecule has 0 radical (unpaired) electrons. The molecule has 1 heterocycles. The van der Waals surface area contributed by atoms with Crippen molar-refractivity contribution in [2.75, 3.05) is 29.0 Å². The maximum atomic E-state index is 12.4. The molecule has 1 aliphatic heterocycles. The van der Waals surface area contributed by atoms with Gasteiger partial charge in [-0.05, 0) is 49.1 Å².